The number of fused-ring (bicyclic) bond motifs is 1. The first kappa shape index (κ1) is 22.8. The topological polar surface area (TPSA) is 9.23 Å². The van der Waals surface area contributed by atoms with Crippen LogP contribution < -0.4 is 4.74 Å². The van der Waals surface area contributed by atoms with Gasteiger partial charge in [0.2, 0.25) is 5.82 Å². The van der Waals surface area contributed by atoms with Crippen molar-refractivity contribution in [1.82, 2.24) is 0 Å². The Kier molecular flexibility index (Phi) is 7.44. The Labute approximate surface area is 190 Å². The van der Waals surface area contributed by atoms with Crippen molar-refractivity contribution in [3.63, 3.8) is 0 Å². The summed E-state index contributed by atoms with van der Waals surface area (Å²) >= 11 is 0. The monoisotopic (exact) mass is 436 g/mol. The number of hydrogen-bond donors (Lipinski definition) is 0. The van der Waals surface area contributed by atoms with Gasteiger partial charge in [-0.3, -0.25) is 0 Å². The Bertz CT molecular complexity index is 1030. The van der Waals surface area contributed by atoms with E-state index in [1.807, 2.05) is 12.1 Å². The van der Waals surface area contributed by atoms with Gasteiger partial charge in [-0.05, 0) is 91.5 Å². The molecule has 0 amide bonds. The van der Waals surface area contributed by atoms with Gasteiger partial charge in [0.15, 0.2) is 11.6 Å². The molecule has 1 saturated carbocycles. The smallest absolute Gasteiger partial charge is 0.201 e. The molecule has 0 aromatic heterocycles. The molecule has 0 heterocycles. The highest BCUT2D eigenvalue weighted by molar-refractivity contribution is 5.85. The third kappa shape index (κ3) is 5.14. The number of aryl methyl sites for hydroxylation is 2. The quantitative estimate of drug-likeness (QED) is 0.344. The Morgan fingerprint density at radius 1 is 0.812 bits per heavy atom. The molecule has 0 spiro atoms. The first-order valence-electron chi connectivity index (χ1n) is 12.2. The van der Waals surface area contributed by atoms with Crippen molar-refractivity contribution in [3.8, 4) is 5.75 Å². The molecule has 3 heteroatoms. The van der Waals surface area contributed by atoms with Gasteiger partial charge in [-0.1, -0.05) is 56.2 Å². The second-order valence-corrected chi connectivity index (χ2v) is 9.24. The molecule has 0 N–H and O–H groups in total. The van der Waals surface area contributed by atoms with Crippen LogP contribution in [0.1, 0.15) is 75.0 Å². The lowest BCUT2D eigenvalue weighted by Gasteiger charge is -2.28. The van der Waals surface area contributed by atoms with Crippen LogP contribution in [-0.4, -0.2) is 6.61 Å². The molecule has 1 aliphatic carbocycles. The Morgan fingerprint density at radius 3 is 2.19 bits per heavy atom. The Hall–Kier alpha value is -2.42. The van der Waals surface area contributed by atoms with Gasteiger partial charge in [0.05, 0.1) is 6.61 Å². The molecule has 0 bridgehead atoms. The molecule has 3 aromatic rings. The maximum absolute atomic E-state index is 14.6. The zero-order chi connectivity index (χ0) is 22.5. The van der Waals surface area contributed by atoms with E-state index in [1.54, 1.807) is 19.1 Å². The second-order valence-electron chi connectivity index (χ2n) is 9.24. The number of hydrogen-bond acceptors (Lipinski definition) is 1. The van der Waals surface area contributed by atoms with Gasteiger partial charge in [0.25, 0.3) is 0 Å². The van der Waals surface area contributed by atoms with E-state index in [1.165, 1.54) is 49.7 Å². The number of ether oxygens (including phenoxy) is 1. The molecule has 0 aliphatic heterocycles. The van der Waals surface area contributed by atoms with Crippen LogP contribution in [0.25, 0.3) is 10.8 Å². The van der Waals surface area contributed by atoms with Crippen LogP contribution >= 0.6 is 0 Å². The van der Waals surface area contributed by atoms with Gasteiger partial charge < -0.3 is 4.74 Å². The molecule has 0 atom stereocenters. The molecule has 0 unspecified atom stereocenters. The van der Waals surface area contributed by atoms with Crippen LogP contribution in [-0.2, 0) is 12.8 Å². The summed E-state index contributed by atoms with van der Waals surface area (Å²) in [6.45, 7) is 4.35. The zero-order valence-electron chi connectivity index (χ0n) is 19.3. The lowest BCUT2D eigenvalue weighted by atomic mass is 9.77. The molecule has 1 fully saturated rings. The summed E-state index contributed by atoms with van der Waals surface area (Å²) in [5.41, 5.74) is 3.77. The molecule has 1 aliphatic rings. The van der Waals surface area contributed by atoms with E-state index < -0.39 is 11.6 Å². The lowest BCUT2D eigenvalue weighted by Crippen LogP contribution is -2.13. The van der Waals surface area contributed by atoms with E-state index in [2.05, 4.69) is 31.2 Å². The predicted octanol–water partition coefficient (Wildman–Crippen LogP) is 8.38. The van der Waals surface area contributed by atoms with Crippen LogP contribution in [0.2, 0.25) is 0 Å². The third-order valence-electron chi connectivity index (χ3n) is 7.05. The molecule has 32 heavy (non-hydrogen) atoms. The minimum Gasteiger partial charge on any atom is -0.491 e. The van der Waals surface area contributed by atoms with Crippen LogP contribution in [0.3, 0.4) is 0 Å². The molecule has 3 aromatic carbocycles. The van der Waals surface area contributed by atoms with Crippen LogP contribution in [0.5, 0.6) is 5.75 Å². The number of halogens is 2. The first-order valence-corrected chi connectivity index (χ1v) is 12.2. The summed E-state index contributed by atoms with van der Waals surface area (Å²) in [4.78, 5) is 0. The fourth-order valence-corrected chi connectivity index (χ4v) is 5.20. The van der Waals surface area contributed by atoms with Crippen LogP contribution in [0.4, 0.5) is 8.78 Å². The summed E-state index contributed by atoms with van der Waals surface area (Å²) in [5, 5.41) is 0.978. The van der Waals surface area contributed by atoms with Crippen molar-refractivity contribution in [3.05, 3.63) is 76.9 Å². The minimum absolute atomic E-state index is 0.0239. The summed E-state index contributed by atoms with van der Waals surface area (Å²) in [5.74, 6) is -0.121. The van der Waals surface area contributed by atoms with Crippen molar-refractivity contribution in [2.24, 2.45) is 5.92 Å². The molecule has 170 valence electrons. The van der Waals surface area contributed by atoms with Crippen LogP contribution in [0, 0.1) is 17.6 Å². The van der Waals surface area contributed by atoms with E-state index in [-0.39, 0.29) is 5.75 Å². The summed E-state index contributed by atoms with van der Waals surface area (Å²) in [6.07, 6.45) is 9.73. The van der Waals surface area contributed by atoms with E-state index >= 15 is 0 Å². The third-order valence-corrected chi connectivity index (χ3v) is 7.05. The first-order chi connectivity index (χ1) is 15.6. The number of rotatable bonds is 8. The van der Waals surface area contributed by atoms with Crippen LogP contribution in [0.15, 0.2) is 48.5 Å². The maximum atomic E-state index is 14.6. The fourth-order valence-electron chi connectivity index (χ4n) is 5.20. The Morgan fingerprint density at radius 2 is 1.50 bits per heavy atom. The molecule has 0 saturated heterocycles. The second kappa shape index (κ2) is 10.5. The van der Waals surface area contributed by atoms with E-state index in [0.717, 1.165) is 24.3 Å². The largest absolute Gasteiger partial charge is 0.491 e. The van der Waals surface area contributed by atoms with E-state index in [4.69, 9.17) is 4.74 Å². The molecular formula is C29H34F2O. The van der Waals surface area contributed by atoms with E-state index in [9.17, 15) is 8.78 Å². The number of benzene rings is 3. The highest BCUT2D eigenvalue weighted by Gasteiger charge is 2.21. The minimum atomic E-state index is -0.907. The van der Waals surface area contributed by atoms with Crippen molar-refractivity contribution in [2.75, 3.05) is 6.61 Å². The normalized spacial score (nSPS) is 18.8. The van der Waals surface area contributed by atoms with Crippen molar-refractivity contribution >= 4 is 10.8 Å². The van der Waals surface area contributed by atoms with Crippen molar-refractivity contribution in [2.45, 2.75) is 71.1 Å². The van der Waals surface area contributed by atoms with Crippen molar-refractivity contribution in [1.29, 1.82) is 0 Å². The summed E-state index contributed by atoms with van der Waals surface area (Å²) < 4.78 is 34.0. The lowest BCUT2D eigenvalue weighted by molar-refractivity contribution is 0.308. The summed E-state index contributed by atoms with van der Waals surface area (Å²) in [6, 6.07) is 16.3. The van der Waals surface area contributed by atoms with Gasteiger partial charge >= 0.3 is 0 Å². The SMILES string of the molecule is CCCC1CCC(c2ccc(CCc3ccc4cc(OCC)c(F)c(F)c4c3)cc2)CC1. The van der Waals surface area contributed by atoms with Gasteiger partial charge in [-0.2, -0.15) is 4.39 Å². The van der Waals surface area contributed by atoms with Gasteiger partial charge in [0, 0.05) is 5.39 Å². The fraction of sp³-hybridized carbons (Fsp3) is 0.448. The average Bonchev–Trinajstić information content (AvgIpc) is 2.82. The Balaban J connectivity index is 1.39. The highest BCUT2D eigenvalue weighted by atomic mass is 19.2. The molecule has 4 rings (SSSR count). The van der Waals surface area contributed by atoms with Gasteiger partial charge in [-0.15, -0.1) is 0 Å². The van der Waals surface area contributed by atoms with E-state index in [0.29, 0.717) is 23.3 Å². The average molecular weight is 437 g/mol. The molecule has 1 nitrogen and oxygen atoms in total. The van der Waals surface area contributed by atoms with Gasteiger partial charge in [-0.25, -0.2) is 4.39 Å². The predicted molar refractivity (Wildman–Crippen MR) is 128 cm³/mol. The zero-order valence-corrected chi connectivity index (χ0v) is 19.3. The van der Waals surface area contributed by atoms with Gasteiger partial charge in [0.1, 0.15) is 0 Å². The van der Waals surface area contributed by atoms with Crippen molar-refractivity contribution < 1.29 is 13.5 Å². The summed E-state index contributed by atoms with van der Waals surface area (Å²) in [7, 11) is 0. The molecule has 0 radical (unpaired) electrons. The highest BCUT2D eigenvalue weighted by Crippen LogP contribution is 2.37. The maximum Gasteiger partial charge on any atom is 0.201 e. The molecular weight excluding hydrogens is 402 g/mol. The standard InChI is InChI=1S/C29H34F2O/c1-3-5-20-8-13-23(14-9-20)24-15-10-21(11-16-24)6-7-22-12-17-25-19-27(32-4-2)29(31)28(30)26(25)18-22/h10-12,15-20,23H,3-9,13-14H2,1-2H3.